The summed E-state index contributed by atoms with van der Waals surface area (Å²) in [6.07, 6.45) is 1.25. The van der Waals surface area contributed by atoms with Crippen molar-refractivity contribution in [2.24, 2.45) is 0 Å². The third kappa shape index (κ3) is 3.52. The van der Waals surface area contributed by atoms with Crippen LogP contribution < -0.4 is 10.0 Å². The van der Waals surface area contributed by atoms with Crippen LogP contribution in [0, 0.1) is 0 Å². The fourth-order valence-electron chi connectivity index (χ4n) is 1.48. The van der Waals surface area contributed by atoms with Gasteiger partial charge in [0, 0.05) is 12.2 Å². The SMILES string of the molecule is CCNS(=O)(=O)c1ccc(NCc2ncon2)cc1. The second-order valence-corrected chi connectivity index (χ2v) is 5.49. The molecule has 19 heavy (non-hydrogen) atoms. The first-order valence-corrected chi connectivity index (χ1v) is 7.19. The standard InChI is InChI=1S/C11H14N4O3S/c1-2-14-19(16,17)10-5-3-9(4-6-10)12-7-11-13-8-18-15-11/h3-6,8,12,14H,2,7H2,1H3. The van der Waals surface area contributed by atoms with Gasteiger partial charge in [0.2, 0.25) is 16.4 Å². The minimum Gasteiger partial charge on any atom is -0.378 e. The Morgan fingerprint density at radius 3 is 2.58 bits per heavy atom. The number of hydrogen-bond acceptors (Lipinski definition) is 6. The monoisotopic (exact) mass is 282 g/mol. The molecule has 0 atom stereocenters. The van der Waals surface area contributed by atoms with Crippen molar-refractivity contribution in [3.8, 4) is 0 Å². The molecular formula is C11H14N4O3S. The van der Waals surface area contributed by atoms with Crippen LogP contribution in [-0.4, -0.2) is 25.1 Å². The highest BCUT2D eigenvalue weighted by atomic mass is 32.2. The molecule has 0 bridgehead atoms. The number of benzene rings is 1. The average molecular weight is 282 g/mol. The first kappa shape index (κ1) is 13.5. The van der Waals surface area contributed by atoms with Crippen molar-refractivity contribution in [2.45, 2.75) is 18.4 Å². The maximum Gasteiger partial charge on any atom is 0.240 e. The Labute approximate surface area is 111 Å². The molecule has 1 aromatic carbocycles. The molecule has 0 unspecified atom stereocenters. The van der Waals surface area contributed by atoms with Crippen LogP contribution in [0.1, 0.15) is 12.7 Å². The molecule has 0 radical (unpaired) electrons. The molecule has 2 rings (SSSR count). The first-order chi connectivity index (χ1) is 9.12. The van der Waals surface area contributed by atoms with Gasteiger partial charge in [-0.15, -0.1) is 0 Å². The van der Waals surface area contributed by atoms with Crippen molar-refractivity contribution in [1.29, 1.82) is 0 Å². The lowest BCUT2D eigenvalue weighted by atomic mass is 10.3. The molecule has 0 fully saturated rings. The summed E-state index contributed by atoms with van der Waals surface area (Å²) in [5.41, 5.74) is 0.778. The largest absolute Gasteiger partial charge is 0.378 e. The van der Waals surface area contributed by atoms with Gasteiger partial charge in [0.15, 0.2) is 5.82 Å². The van der Waals surface area contributed by atoms with Gasteiger partial charge in [0.25, 0.3) is 0 Å². The number of rotatable bonds is 6. The molecule has 8 heteroatoms. The lowest BCUT2D eigenvalue weighted by molar-refractivity contribution is 0.411. The lowest BCUT2D eigenvalue weighted by Crippen LogP contribution is -2.23. The maximum absolute atomic E-state index is 11.7. The van der Waals surface area contributed by atoms with E-state index in [0.29, 0.717) is 18.9 Å². The van der Waals surface area contributed by atoms with E-state index in [4.69, 9.17) is 0 Å². The normalized spacial score (nSPS) is 11.4. The lowest BCUT2D eigenvalue weighted by Gasteiger charge is -2.06. The Kier molecular flexibility index (Phi) is 4.13. The molecular weight excluding hydrogens is 268 g/mol. The first-order valence-electron chi connectivity index (χ1n) is 5.70. The quantitative estimate of drug-likeness (QED) is 0.819. The smallest absolute Gasteiger partial charge is 0.240 e. The van der Waals surface area contributed by atoms with Crippen LogP contribution in [0.5, 0.6) is 0 Å². The fourth-order valence-corrected chi connectivity index (χ4v) is 2.52. The zero-order valence-corrected chi connectivity index (χ0v) is 11.1. The van der Waals surface area contributed by atoms with Crippen molar-refractivity contribution >= 4 is 15.7 Å². The van der Waals surface area contributed by atoms with E-state index in [2.05, 4.69) is 24.7 Å². The Hall–Kier alpha value is -1.93. The molecule has 0 amide bonds. The van der Waals surface area contributed by atoms with E-state index < -0.39 is 10.0 Å². The summed E-state index contributed by atoms with van der Waals surface area (Å²) in [6, 6.07) is 6.45. The van der Waals surface area contributed by atoms with E-state index in [-0.39, 0.29) is 4.90 Å². The van der Waals surface area contributed by atoms with Gasteiger partial charge in [-0.3, -0.25) is 0 Å². The summed E-state index contributed by atoms with van der Waals surface area (Å²) in [5, 5.41) is 6.72. The maximum atomic E-state index is 11.7. The Bertz CT molecular complexity index is 608. The van der Waals surface area contributed by atoms with Gasteiger partial charge in [-0.2, -0.15) is 4.98 Å². The van der Waals surface area contributed by atoms with Crippen molar-refractivity contribution in [2.75, 3.05) is 11.9 Å². The topological polar surface area (TPSA) is 97.1 Å². The molecule has 0 saturated carbocycles. The van der Waals surface area contributed by atoms with Gasteiger partial charge in [-0.1, -0.05) is 12.1 Å². The summed E-state index contributed by atoms with van der Waals surface area (Å²) < 4.78 is 30.5. The van der Waals surface area contributed by atoms with Crippen LogP contribution in [0.3, 0.4) is 0 Å². The van der Waals surface area contributed by atoms with E-state index in [9.17, 15) is 8.42 Å². The molecule has 2 aromatic rings. The Morgan fingerprint density at radius 1 is 1.26 bits per heavy atom. The summed E-state index contributed by atoms with van der Waals surface area (Å²) in [7, 11) is -3.40. The number of sulfonamides is 1. The summed E-state index contributed by atoms with van der Waals surface area (Å²) in [6.45, 7) is 2.51. The zero-order chi connectivity index (χ0) is 13.7. The van der Waals surface area contributed by atoms with E-state index in [1.165, 1.54) is 18.5 Å². The van der Waals surface area contributed by atoms with E-state index in [1.54, 1.807) is 19.1 Å². The molecule has 7 nitrogen and oxygen atoms in total. The highest BCUT2D eigenvalue weighted by Gasteiger charge is 2.11. The summed E-state index contributed by atoms with van der Waals surface area (Å²) >= 11 is 0. The predicted octanol–water partition coefficient (Wildman–Crippen LogP) is 0.980. The van der Waals surface area contributed by atoms with Crippen LogP contribution in [-0.2, 0) is 16.6 Å². The van der Waals surface area contributed by atoms with Crippen LogP contribution in [0.25, 0.3) is 0 Å². The Morgan fingerprint density at radius 2 is 2.00 bits per heavy atom. The van der Waals surface area contributed by atoms with Gasteiger partial charge >= 0.3 is 0 Å². The minimum atomic E-state index is -3.40. The number of hydrogen-bond donors (Lipinski definition) is 2. The number of nitrogens with one attached hydrogen (secondary N) is 2. The fraction of sp³-hybridized carbons (Fsp3) is 0.273. The predicted molar refractivity (Wildman–Crippen MR) is 68.9 cm³/mol. The van der Waals surface area contributed by atoms with Gasteiger partial charge in [-0.05, 0) is 24.3 Å². The highest BCUT2D eigenvalue weighted by molar-refractivity contribution is 7.89. The van der Waals surface area contributed by atoms with Crippen LogP contribution in [0.2, 0.25) is 0 Å². The van der Waals surface area contributed by atoms with Gasteiger partial charge in [-0.25, -0.2) is 13.1 Å². The second kappa shape index (κ2) is 5.81. The molecule has 2 N–H and O–H groups in total. The highest BCUT2D eigenvalue weighted by Crippen LogP contribution is 2.14. The van der Waals surface area contributed by atoms with Gasteiger partial charge in [0.05, 0.1) is 11.4 Å². The van der Waals surface area contributed by atoms with Gasteiger partial charge < -0.3 is 9.84 Å². The van der Waals surface area contributed by atoms with E-state index in [0.717, 1.165) is 5.69 Å². The van der Waals surface area contributed by atoms with Crippen LogP contribution in [0.4, 0.5) is 5.69 Å². The van der Waals surface area contributed by atoms with Crippen molar-refractivity contribution in [1.82, 2.24) is 14.9 Å². The van der Waals surface area contributed by atoms with Crippen LogP contribution in [0.15, 0.2) is 40.1 Å². The van der Waals surface area contributed by atoms with E-state index in [1.807, 2.05) is 0 Å². The second-order valence-electron chi connectivity index (χ2n) is 3.73. The van der Waals surface area contributed by atoms with Crippen molar-refractivity contribution in [3.05, 3.63) is 36.5 Å². The van der Waals surface area contributed by atoms with Crippen LogP contribution >= 0.6 is 0 Å². The zero-order valence-electron chi connectivity index (χ0n) is 10.3. The minimum absolute atomic E-state index is 0.236. The summed E-state index contributed by atoms with van der Waals surface area (Å²) in [5.74, 6) is 0.532. The third-order valence-corrected chi connectivity index (χ3v) is 3.92. The molecule has 0 spiro atoms. The number of anilines is 1. The molecule has 0 saturated heterocycles. The Balaban J connectivity index is 2.02. The molecule has 0 aliphatic heterocycles. The number of aromatic nitrogens is 2. The molecule has 0 aliphatic rings. The third-order valence-electron chi connectivity index (χ3n) is 2.36. The van der Waals surface area contributed by atoms with E-state index >= 15 is 0 Å². The summed E-state index contributed by atoms with van der Waals surface area (Å²) in [4.78, 5) is 4.10. The molecule has 102 valence electrons. The van der Waals surface area contributed by atoms with Crippen molar-refractivity contribution < 1.29 is 12.9 Å². The van der Waals surface area contributed by atoms with Gasteiger partial charge in [0.1, 0.15) is 0 Å². The molecule has 1 aromatic heterocycles. The van der Waals surface area contributed by atoms with Crippen molar-refractivity contribution in [3.63, 3.8) is 0 Å². The number of nitrogens with zero attached hydrogens (tertiary/aromatic N) is 2. The molecule has 0 aliphatic carbocycles. The molecule has 1 heterocycles. The average Bonchev–Trinajstić information content (AvgIpc) is 2.90.